The van der Waals surface area contributed by atoms with Crippen molar-refractivity contribution in [1.82, 2.24) is 0 Å². The molecule has 0 aliphatic rings. The Morgan fingerprint density at radius 3 is 2.09 bits per heavy atom. The molecular weight excluding hydrogens is 147 g/mol. The van der Waals surface area contributed by atoms with Crippen molar-refractivity contribution in [1.29, 1.82) is 0 Å². The molecule has 0 aromatic heterocycles. The predicted octanol–water partition coefficient (Wildman–Crippen LogP) is 2.89. The fourth-order valence-corrected chi connectivity index (χ4v) is 1.63. The van der Waals surface area contributed by atoms with E-state index >= 15 is 0 Å². The first-order valence-electron chi connectivity index (χ1n) is 5.20. The lowest BCUT2D eigenvalue weighted by Crippen LogP contribution is -1.96. The van der Waals surface area contributed by atoms with E-state index in [0.29, 0.717) is 0 Å². The Bertz CT molecular complexity index is 70.9. The van der Waals surface area contributed by atoms with Gasteiger partial charge in [0.2, 0.25) is 16.3 Å². The Kier molecular flexibility index (Phi) is 7.54. The molecule has 0 fully saturated rings. The summed E-state index contributed by atoms with van der Waals surface area (Å²) in [5, 5.41) is 1.49. The summed E-state index contributed by atoms with van der Waals surface area (Å²) >= 11 is 1.39. The lowest BCUT2D eigenvalue weighted by molar-refractivity contribution is 0.449. The van der Waals surface area contributed by atoms with Gasteiger partial charge in [-0.15, -0.1) is 0 Å². The summed E-state index contributed by atoms with van der Waals surface area (Å²) in [7, 11) is 0. The van der Waals surface area contributed by atoms with Crippen LogP contribution in [0.3, 0.4) is 0 Å². The maximum atomic E-state index is 2.39. The zero-order chi connectivity index (χ0) is 8.69. The number of hydrogen-bond donors (Lipinski definition) is 0. The third-order valence-electron chi connectivity index (χ3n) is 2.79. The molecule has 66 valence electrons. The molecule has 2 atom stereocenters. The van der Waals surface area contributed by atoms with E-state index in [1.165, 1.54) is 47.3 Å². The van der Waals surface area contributed by atoms with Crippen LogP contribution < -0.4 is 0 Å². The average Bonchev–Trinajstić information content (AvgIpc) is 2.04. The van der Waals surface area contributed by atoms with Crippen LogP contribution in [0.5, 0.6) is 0 Å². The van der Waals surface area contributed by atoms with E-state index in [2.05, 4.69) is 20.8 Å². The molecule has 0 heterocycles. The standard InChI is InChI=1S/C10H21.Al.2H/c1-5-10(4)8-6-7-9(2)3;;;/h9-10H,2,5-8H2,1,3-4H3;;;. The summed E-state index contributed by atoms with van der Waals surface area (Å²) in [5.74, 6) is 1.96. The highest BCUT2D eigenvalue weighted by atomic mass is 27.0. The van der Waals surface area contributed by atoms with E-state index < -0.39 is 0 Å². The van der Waals surface area contributed by atoms with Crippen LogP contribution in [0.15, 0.2) is 0 Å². The van der Waals surface area contributed by atoms with Gasteiger partial charge in [0.25, 0.3) is 0 Å². The van der Waals surface area contributed by atoms with Gasteiger partial charge in [-0.2, -0.15) is 0 Å². The van der Waals surface area contributed by atoms with Crippen LogP contribution in [0.4, 0.5) is 0 Å². The van der Waals surface area contributed by atoms with Gasteiger partial charge >= 0.3 is 0 Å². The molecule has 0 aliphatic carbocycles. The summed E-state index contributed by atoms with van der Waals surface area (Å²) in [6, 6.07) is 0. The highest BCUT2D eigenvalue weighted by Gasteiger charge is 2.01. The maximum Gasteiger partial charge on any atom is 0.212 e. The molecule has 2 unspecified atom stereocenters. The first kappa shape index (κ1) is 11.5. The Morgan fingerprint density at radius 1 is 1.09 bits per heavy atom. The quantitative estimate of drug-likeness (QED) is 0.538. The predicted molar refractivity (Wildman–Crippen MR) is 55.8 cm³/mol. The molecule has 0 N–H and O–H groups in total. The lowest BCUT2D eigenvalue weighted by Gasteiger charge is -2.10. The molecule has 0 aromatic rings. The Hall–Kier alpha value is 0.532. The van der Waals surface area contributed by atoms with Crippen molar-refractivity contribution in [3.63, 3.8) is 0 Å². The summed E-state index contributed by atoms with van der Waals surface area (Å²) in [5.41, 5.74) is 0. The smallest absolute Gasteiger partial charge is 0.0987 e. The van der Waals surface area contributed by atoms with Crippen LogP contribution in [-0.2, 0) is 0 Å². The van der Waals surface area contributed by atoms with Gasteiger partial charge in [0, 0.05) is 0 Å². The fourth-order valence-electron chi connectivity index (χ4n) is 1.22. The molecule has 0 rings (SSSR count). The van der Waals surface area contributed by atoms with Crippen molar-refractivity contribution in [2.75, 3.05) is 0 Å². The first-order valence-corrected chi connectivity index (χ1v) is 6.62. The largest absolute Gasteiger partial charge is 0.212 e. The molecule has 0 amide bonds. The van der Waals surface area contributed by atoms with Crippen LogP contribution in [0.1, 0.15) is 46.5 Å². The molecule has 1 heteroatoms. The second kappa shape index (κ2) is 7.20. The second-order valence-electron chi connectivity index (χ2n) is 3.96. The van der Waals surface area contributed by atoms with Gasteiger partial charge in [0.1, 0.15) is 0 Å². The van der Waals surface area contributed by atoms with Gasteiger partial charge < -0.3 is 0 Å². The Balaban J connectivity index is 3.13. The summed E-state index contributed by atoms with van der Waals surface area (Å²) in [6.07, 6.45) is 5.73. The van der Waals surface area contributed by atoms with E-state index in [0.717, 1.165) is 11.8 Å². The zero-order valence-corrected chi connectivity index (χ0v) is 10.7. The van der Waals surface area contributed by atoms with E-state index in [-0.39, 0.29) is 0 Å². The number of rotatable bonds is 6. The minimum Gasteiger partial charge on any atom is -0.0987 e. The van der Waals surface area contributed by atoms with Crippen LogP contribution in [0, 0.1) is 11.8 Å². The van der Waals surface area contributed by atoms with Gasteiger partial charge in [0.05, 0.1) is 0 Å². The molecule has 0 saturated carbocycles. The van der Waals surface area contributed by atoms with Crippen molar-refractivity contribution in [3.8, 4) is 0 Å². The monoisotopic (exact) mass is 170 g/mol. The van der Waals surface area contributed by atoms with E-state index in [1.807, 2.05) is 0 Å². The zero-order valence-electron chi connectivity index (χ0n) is 8.69. The van der Waals surface area contributed by atoms with Crippen LogP contribution in [0.25, 0.3) is 0 Å². The first-order chi connectivity index (χ1) is 5.20. The van der Waals surface area contributed by atoms with Gasteiger partial charge in [-0.05, 0) is 5.92 Å². The molecule has 0 bridgehead atoms. The van der Waals surface area contributed by atoms with Crippen LogP contribution in [0.2, 0.25) is 5.28 Å². The van der Waals surface area contributed by atoms with Gasteiger partial charge in [-0.3, -0.25) is 0 Å². The van der Waals surface area contributed by atoms with Crippen molar-refractivity contribution in [2.45, 2.75) is 51.7 Å². The van der Waals surface area contributed by atoms with Crippen molar-refractivity contribution in [2.24, 2.45) is 11.8 Å². The molecule has 11 heavy (non-hydrogen) atoms. The van der Waals surface area contributed by atoms with Gasteiger partial charge in [-0.25, -0.2) is 0 Å². The highest BCUT2D eigenvalue weighted by molar-refractivity contribution is 6.08. The third kappa shape index (κ3) is 6.91. The third-order valence-corrected chi connectivity index (χ3v) is 4.18. The Labute approximate surface area is 80.2 Å². The van der Waals surface area contributed by atoms with Crippen molar-refractivity contribution >= 4 is 16.3 Å². The maximum absolute atomic E-state index is 2.39. The molecule has 0 aliphatic heterocycles. The molecule has 0 saturated heterocycles. The van der Waals surface area contributed by atoms with Crippen LogP contribution in [-0.4, -0.2) is 16.3 Å². The normalized spacial score (nSPS) is 16.3. The summed E-state index contributed by atoms with van der Waals surface area (Å²) < 4.78 is 0. The Morgan fingerprint density at radius 2 is 1.64 bits per heavy atom. The highest BCUT2D eigenvalue weighted by Crippen LogP contribution is 2.16. The minimum atomic E-state index is 0.955. The van der Waals surface area contributed by atoms with Gasteiger partial charge in [0.15, 0.2) is 0 Å². The van der Waals surface area contributed by atoms with Crippen molar-refractivity contribution in [3.05, 3.63) is 0 Å². The van der Waals surface area contributed by atoms with E-state index in [1.54, 1.807) is 0 Å². The van der Waals surface area contributed by atoms with E-state index in [9.17, 15) is 0 Å². The molecular formula is C10H23Al. The molecule has 0 nitrogen and oxygen atoms in total. The van der Waals surface area contributed by atoms with E-state index in [4.69, 9.17) is 0 Å². The van der Waals surface area contributed by atoms with Gasteiger partial charge in [-0.1, -0.05) is 57.7 Å². The summed E-state index contributed by atoms with van der Waals surface area (Å²) in [6.45, 7) is 7.05. The summed E-state index contributed by atoms with van der Waals surface area (Å²) in [4.78, 5) is 0. The molecule has 0 spiro atoms. The molecule has 0 radical (unpaired) electrons. The second-order valence-corrected chi connectivity index (χ2v) is 4.77. The topological polar surface area (TPSA) is 0 Å². The SMILES string of the molecule is CCC(C)CCCC(C)[CH2][AlH2]. The van der Waals surface area contributed by atoms with Crippen molar-refractivity contribution < 1.29 is 0 Å². The minimum absolute atomic E-state index is 0.955. The van der Waals surface area contributed by atoms with Crippen LogP contribution >= 0.6 is 0 Å². The molecule has 0 aromatic carbocycles. The lowest BCUT2D eigenvalue weighted by atomic mass is 9.98. The fraction of sp³-hybridized carbons (Fsp3) is 1.00. The average molecular weight is 170 g/mol. The number of hydrogen-bond acceptors (Lipinski definition) is 0.